The minimum absolute atomic E-state index is 0.0482. The van der Waals surface area contributed by atoms with E-state index in [9.17, 15) is 13.2 Å². The van der Waals surface area contributed by atoms with Crippen molar-refractivity contribution >= 4 is 16.1 Å². The van der Waals surface area contributed by atoms with Gasteiger partial charge in [0.2, 0.25) is 0 Å². The lowest BCUT2D eigenvalue weighted by atomic mass is 10.2. The quantitative estimate of drug-likeness (QED) is 0.744. The first-order valence-corrected chi connectivity index (χ1v) is 6.48. The fraction of sp³-hybridized carbons (Fsp3) is 0.364. The molecular formula is C11H14O5S. The Morgan fingerprint density at radius 1 is 1.24 bits per heavy atom. The highest BCUT2D eigenvalue weighted by molar-refractivity contribution is 7.87. The maximum Gasteiger partial charge on any atom is 0.348 e. The average Bonchev–Trinajstić information content (AvgIpc) is 2.26. The maximum atomic E-state index is 11.6. The summed E-state index contributed by atoms with van der Waals surface area (Å²) in [4.78, 5) is 11.1. The smallest absolute Gasteiger partial charge is 0.348 e. The second-order valence-corrected chi connectivity index (χ2v) is 4.91. The van der Waals surface area contributed by atoms with Gasteiger partial charge in [0.05, 0.1) is 0 Å². The van der Waals surface area contributed by atoms with Crippen LogP contribution in [0.15, 0.2) is 29.2 Å². The summed E-state index contributed by atoms with van der Waals surface area (Å²) in [5, 5.41) is 0. The standard InChI is InChI=1S/C11H14O5S/c1-3-15-8-11(12)16-17(13,14)10-6-4-9(2)5-7-10/h4-7H,3,8H2,1-2H3. The van der Waals surface area contributed by atoms with Crippen LogP contribution in [0.2, 0.25) is 0 Å². The van der Waals surface area contributed by atoms with Gasteiger partial charge >= 0.3 is 16.1 Å². The second kappa shape index (κ2) is 5.79. The van der Waals surface area contributed by atoms with Gasteiger partial charge in [-0.1, -0.05) is 17.7 Å². The zero-order valence-electron chi connectivity index (χ0n) is 9.67. The number of benzene rings is 1. The Morgan fingerprint density at radius 2 is 1.82 bits per heavy atom. The molecule has 5 nitrogen and oxygen atoms in total. The molecule has 0 amide bonds. The van der Waals surface area contributed by atoms with Crippen LogP contribution < -0.4 is 0 Å². The summed E-state index contributed by atoms with van der Waals surface area (Å²) < 4.78 is 32.4. The normalized spacial score (nSPS) is 11.2. The van der Waals surface area contributed by atoms with Gasteiger partial charge in [0.15, 0.2) is 0 Å². The summed E-state index contributed by atoms with van der Waals surface area (Å²) in [5.41, 5.74) is 0.921. The molecule has 0 aromatic heterocycles. The van der Waals surface area contributed by atoms with E-state index in [1.54, 1.807) is 19.1 Å². The molecule has 0 N–H and O–H groups in total. The van der Waals surface area contributed by atoms with Gasteiger partial charge in [0.25, 0.3) is 0 Å². The predicted molar refractivity (Wildman–Crippen MR) is 60.9 cm³/mol. The van der Waals surface area contributed by atoms with Crippen LogP contribution in [0.4, 0.5) is 0 Å². The molecule has 0 aliphatic rings. The Labute approximate surface area is 100 Å². The largest absolute Gasteiger partial charge is 0.370 e. The highest BCUT2D eigenvalue weighted by atomic mass is 32.2. The molecule has 0 radical (unpaired) electrons. The topological polar surface area (TPSA) is 69.7 Å². The molecule has 1 rings (SSSR count). The van der Waals surface area contributed by atoms with E-state index in [2.05, 4.69) is 4.18 Å². The molecule has 0 atom stereocenters. The Morgan fingerprint density at radius 3 is 2.35 bits per heavy atom. The van der Waals surface area contributed by atoms with Crippen molar-refractivity contribution in [2.24, 2.45) is 0 Å². The highest BCUT2D eigenvalue weighted by Gasteiger charge is 2.19. The Kier molecular flexibility index (Phi) is 4.65. The summed E-state index contributed by atoms with van der Waals surface area (Å²) in [6.07, 6.45) is 0. The van der Waals surface area contributed by atoms with Gasteiger partial charge < -0.3 is 8.92 Å². The molecule has 0 spiro atoms. The first-order chi connectivity index (χ1) is 7.95. The molecule has 0 fully saturated rings. The molecule has 94 valence electrons. The van der Waals surface area contributed by atoms with E-state index >= 15 is 0 Å². The zero-order chi connectivity index (χ0) is 12.9. The third-order valence-electron chi connectivity index (χ3n) is 1.94. The van der Waals surface area contributed by atoms with Crippen LogP contribution in [0.3, 0.4) is 0 Å². The number of hydrogen-bond acceptors (Lipinski definition) is 5. The van der Waals surface area contributed by atoms with Crippen molar-refractivity contribution in [1.29, 1.82) is 0 Å². The fourth-order valence-electron chi connectivity index (χ4n) is 1.08. The summed E-state index contributed by atoms with van der Waals surface area (Å²) in [5.74, 6) is -0.924. The van der Waals surface area contributed by atoms with E-state index in [0.29, 0.717) is 6.61 Å². The van der Waals surface area contributed by atoms with Crippen molar-refractivity contribution in [3.05, 3.63) is 29.8 Å². The number of aryl methyl sites for hydroxylation is 1. The van der Waals surface area contributed by atoms with Crippen LogP contribution in [0.5, 0.6) is 0 Å². The highest BCUT2D eigenvalue weighted by Crippen LogP contribution is 2.13. The average molecular weight is 258 g/mol. The number of rotatable bonds is 5. The first-order valence-electron chi connectivity index (χ1n) is 5.07. The second-order valence-electron chi connectivity index (χ2n) is 3.36. The molecule has 0 unspecified atom stereocenters. The summed E-state index contributed by atoms with van der Waals surface area (Å²) in [6, 6.07) is 6.03. The lowest BCUT2D eigenvalue weighted by Gasteiger charge is -2.05. The number of carbonyl (C=O) groups is 1. The molecule has 1 aromatic carbocycles. The third kappa shape index (κ3) is 4.16. The van der Waals surface area contributed by atoms with E-state index in [1.165, 1.54) is 12.1 Å². The molecule has 0 aliphatic heterocycles. The number of carbonyl (C=O) groups excluding carboxylic acids is 1. The number of ether oxygens (including phenoxy) is 1. The van der Waals surface area contributed by atoms with Gasteiger partial charge in [-0.15, -0.1) is 0 Å². The van der Waals surface area contributed by atoms with Crippen molar-refractivity contribution in [3.63, 3.8) is 0 Å². The van der Waals surface area contributed by atoms with Crippen molar-refractivity contribution in [1.82, 2.24) is 0 Å². The molecular weight excluding hydrogens is 244 g/mol. The van der Waals surface area contributed by atoms with E-state index in [0.717, 1.165) is 5.56 Å². The monoisotopic (exact) mass is 258 g/mol. The maximum absolute atomic E-state index is 11.6. The molecule has 17 heavy (non-hydrogen) atoms. The van der Waals surface area contributed by atoms with Crippen molar-refractivity contribution in [2.75, 3.05) is 13.2 Å². The van der Waals surface area contributed by atoms with Crippen LogP contribution in [-0.4, -0.2) is 27.6 Å². The van der Waals surface area contributed by atoms with Crippen LogP contribution in [0, 0.1) is 6.92 Å². The zero-order valence-corrected chi connectivity index (χ0v) is 10.5. The summed E-state index contributed by atoms with van der Waals surface area (Å²) in [6.45, 7) is 3.47. The van der Waals surface area contributed by atoms with Crippen LogP contribution in [-0.2, 0) is 23.8 Å². The van der Waals surface area contributed by atoms with Gasteiger partial charge in [0.1, 0.15) is 11.5 Å². The van der Waals surface area contributed by atoms with Gasteiger partial charge in [-0.05, 0) is 26.0 Å². The Hall–Kier alpha value is -1.40. The Bertz CT molecular complexity index is 475. The van der Waals surface area contributed by atoms with Gasteiger partial charge in [-0.3, -0.25) is 0 Å². The van der Waals surface area contributed by atoms with E-state index < -0.39 is 16.1 Å². The third-order valence-corrected chi connectivity index (χ3v) is 3.19. The van der Waals surface area contributed by atoms with Crippen LogP contribution in [0.1, 0.15) is 12.5 Å². The molecule has 0 bridgehead atoms. The molecule has 6 heteroatoms. The predicted octanol–water partition coefficient (Wildman–Crippen LogP) is 1.26. The van der Waals surface area contributed by atoms with Crippen molar-refractivity contribution in [2.45, 2.75) is 18.7 Å². The minimum Gasteiger partial charge on any atom is -0.370 e. The van der Waals surface area contributed by atoms with Crippen molar-refractivity contribution < 1.29 is 22.1 Å². The molecule has 0 heterocycles. The minimum atomic E-state index is -4.04. The van der Waals surface area contributed by atoms with Gasteiger partial charge in [-0.25, -0.2) is 4.79 Å². The van der Waals surface area contributed by atoms with E-state index in [4.69, 9.17) is 4.74 Å². The molecule has 1 aromatic rings. The van der Waals surface area contributed by atoms with Crippen LogP contribution in [0.25, 0.3) is 0 Å². The molecule has 0 aliphatic carbocycles. The first kappa shape index (κ1) is 13.7. The molecule has 0 saturated heterocycles. The number of hydrogen-bond donors (Lipinski definition) is 0. The fourth-order valence-corrected chi connectivity index (χ4v) is 1.94. The lowest BCUT2D eigenvalue weighted by Crippen LogP contribution is -2.18. The van der Waals surface area contributed by atoms with Crippen LogP contribution >= 0.6 is 0 Å². The van der Waals surface area contributed by atoms with Gasteiger partial charge in [-0.2, -0.15) is 8.42 Å². The van der Waals surface area contributed by atoms with E-state index in [1.807, 2.05) is 6.92 Å². The lowest BCUT2D eigenvalue weighted by molar-refractivity contribution is -0.138. The van der Waals surface area contributed by atoms with E-state index in [-0.39, 0.29) is 11.5 Å². The summed E-state index contributed by atoms with van der Waals surface area (Å²) >= 11 is 0. The van der Waals surface area contributed by atoms with Crippen molar-refractivity contribution in [3.8, 4) is 0 Å². The molecule has 0 saturated carbocycles. The summed E-state index contributed by atoms with van der Waals surface area (Å²) in [7, 11) is -4.04. The SMILES string of the molecule is CCOCC(=O)OS(=O)(=O)c1ccc(C)cc1. The van der Waals surface area contributed by atoms with Gasteiger partial charge in [0, 0.05) is 6.61 Å². The Balaban J connectivity index is 2.75.